The molecule has 1 atom stereocenters. The first-order valence-corrected chi connectivity index (χ1v) is 4.82. The Morgan fingerprint density at radius 3 is 2.60 bits per heavy atom. The largest absolute Gasteiger partial charge is 0.465 e. The van der Waals surface area contributed by atoms with Crippen LogP contribution in [0, 0.1) is 0 Å². The molecule has 1 aliphatic rings. The van der Waals surface area contributed by atoms with Crippen molar-refractivity contribution in [3.63, 3.8) is 0 Å². The van der Waals surface area contributed by atoms with Crippen molar-refractivity contribution in [2.75, 3.05) is 33.4 Å². The van der Waals surface area contributed by atoms with Gasteiger partial charge in [0, 0.05) is 32.8 Å². The van der Waals surface area contributed by atoms with Crippen LogP contribution >= 0.6 is 0 Å². The molecule has 0 radical (unpaired) electrons. The molecule has 0 aromatic heterocycles. The minimum absolute atomic E-state index is 0.0530. The van der Waals surface area contributed by atoms with Gasteiger partial charge in [-0.25, -0.2) is 4.79 Å². The number of nitrogens with zero attached hydrogens (tertiary/aromatic N) is 2. The SMILES string of the molecule is COCC(=O)N1CCN(C(=O)O)CC1C. The van der Waals surface area contributed by atoms with Gasteiger partial charge in [-0.2, -0.15) is 0 Å². The van der Waals surface area contributed by atoms with Crippen LogP contribution in [0.4, 0.5) is 4.79 Å². The first kappa shape index (κ1) is 11.8. The van der Waals surface area contributed by atoms with Crippen LogP contribution in [-0.4, -0.2) is 66.3 Å². The second-order valence-corrected chi connectivity index (χ2v) is 3.60. The highest BCUT2D eigenvalue weighted by Gasteiger charge is 2.29. The van der Waals surface area contributed by atoms with Gasteiger partial charge < -0.3 is 19.6 Å². The normalized spacial score (nSPS) is 21.6. The zero-order valence-electron chi connectivity index (χ0n) is 8.97. The Balaban J connectivity index is 2.52. The molecule has 2 amide bonds. The third-order valence-corrected chi connectivity index (χ3v) is 2.49. The molecule has 1 unspecified atom stereocenters. The summed E-state index contributed by atoms with van der Waals surface area (Å²) in [5.74, 6) is -0.0879. The Morgan fingerprint density at radius 1 is 1.47 bits per heavy atom. The first-order valence-electron chi connectivity index (χ1n) is 4.82. The van der Waals surface area contributed by atoms with Gasteiger partial charge in [-0.3, -0.25) is 4.79 Å². The van der Waals surface area contributed by atoms with Crippen molar-refractivity contribution in [2.45, 2.75) is 13.0 Å². The minimum Gasteiger partial charge on any atom is -0.465 e. The summed E-state index contributed by atoms with van der Waals surface area (Å²) in [5, 5.41) is 8.78. The van der Waals surface area contributed by atoms with E-state index in [0.29, 0.717) is 19.6 Å². The average molecular weight is 216 g/mol. The highest BCUT2D eigenvalue weighted by molar-refractivity contribution is 5.78. The Labute approximate surface area is 88.4 Å². The van der Waals surface area contributed by atoms with Crippen molar-refractivity contribution in [1.29, 1.82) is 0 Å². The van der Waals surface area contributed by atoms with E-state index in [2.05, 4.69) is 0 Å². The van der Waals surface area contributed by atoms with Gasteiger partial charge in [0.05, 0.1) is 0 Å². The summed E-state index contributed by atoms with van der Waals surface area (Å²) in [4.78, 5) is 25.2. The smallest absolute Gasteiger partial charge is 0.407 e. The third kappa shape index (κ3) is 2.82. The van der Waals surface area contributed by atoms with Gasteiger partial charge >= 0.3 is 6.09 Å². The molecule has 0 bridgehead atoms. The van der Waals surface area contributed by atoms with Crippen LogP contribution in [0.15, 0.2) is 0 Å². The van der Waals surface area contributed by atoms with E-state index in [1.165, 1.54) is 12.0 Å². The van der Waals surface area contributed by atoms with Crippen molar-refractivity contribution in [1.82, 2.24) is 9.80 Å². The molecule has 0 aliphatic carbocycles. The molecule has 15 heavy (non-hydrogen) atoms. The van der Waals surface area contributed by atoms with Gasteiger partial charge in [-0.1, -0.05) is 0 Å². The molecule has 0 aromatic rings. The molecular formula is C9H16N2O4. The van der Waals surface area contributed by atoms with E-state index in [1.54, 1.807) is 4.90 Å². The predicted octanol–water partition coefficient (Wildman–Crippen LogP) is -0.156. The Kier molecular flexibility index (Phi) is 3.90. The molecule has 1 N–H and O–H groups in total. The van der Waals surface area contributed by atoms with Crippen molar-refractivity contribution < 1.29 is 19.4 Å². The summed E-state index contributed by atoms with van der Waals surface area (Å²) >= 11 is 0. The van der Waals surface area contributed by atoms with E-state index >= 15 is 0 Å². The topological polar surface area (TPSA) is 70.1 Å². The van der Waals surface area contributed by atoms with E-state index < -0.39 is 6.09 Å². The second kappa shape index (κ2) is 4.97. The minimum atomic E-state index is -0.930. The summed E-state index contributed by atoms with van der Waals surface area (Å²) in [7, 11) is 1.47. The van der Waals surface area contributed by atoms with Crippen molar-refractivity contribution in [2.24, 2.45) is 0 Å². The number of hydrogen-bond donors (Lipinski definition) is 1. The average Bonchev–Trinajstić information content (AvgIpc) is 2.17. The van der Waals surface area contributed by atoms with Gasteiger partial charge in [0.1, 0.15) is 6.61 Å². The predicted molar refractivity (Wildman–Crippen MR) is 52.6 cm³/mol. The quantitative estimate of drug-likeness (QED) is 0.696. The number of methoxy groups -OCH3 is 1. The van der Waals surface area contributed by atoms with Crippen LogP contribution in [-0.2, 0) is 9.53 Å². The molecule has 86 valence electrons. The maximum atomic E-state index is 11.5. The van der Waals surface area contributed by atoms with Crippen LogP contribution in [0.5, 0.6) is 0 Å². The molecular weight excluding hydrogens is 200 g/mol. The number of hydrogen-bond acceptors (Lipinski definition) is 3. The van der Waals surface area contributed by atoms with E-state index in [1.807, 2.05) is 6.92 Å². The fourth-order valence-electron chi connectivity index (χ4n) is 1.71. The number of ether oxygens (including phenoxy) is 1. The monoisotopic (exact) mass is 216 g/mol. The molecule has 1 saturated heterocycles. The maximum absolute atomic E-state index is 11.5. The molecule has 1 rings (SSSR count). The van der Waals surface area contributed by atoms with Gasteiger partial charge in [0.15, 0.2) is 0 Å². The Hall–Kier alpha value is -1.30. The third-order valence-electron chi connectivity index (χ3n) is 2.49. The summed E-state index contributed by atoms with van der Waals surface area (Å²) in [6.45, 7) is 3.07. The van der Waals surface area contributed by atoms with E-state index in [4.69, 9.17) is 9.84 Å². The van der Waals surface area contributed by atoms with E-state index in [9.17, 15) is 9.59 Å². The zero-order valence-corrected chi connectivity index (χ0v) is 8.97. The zero-order chi connectivity index (χ0) is 11.4. The molecule has 6 nitrogen and oxygen atoms in total. The second-order valence-electron chi connectivity index (χ2n) is 3.60. The molecule has 0 spiro atoms. The van der Waals surface area contributed by atoms with Crippen LogP contribution in [0.2, 0.25) is 0 Å². The van der Waals surface area contributed by atoms with Gasteiger partial charge in [0.2, 0.25) is 5.91 Å². The lowest BCUT2D eigenvalue weighted by Gasteiger charge is -2.38. The lowest BCUT2D eigenvalue weighted by molar-refractivity contribution is -0.139. The standard InChI is InChI=1S/C9H16N2O4/c1-7-5-10(9(13)14)3-4-11(7)8(12)6-15-2/h7H,3-6H2,1-2H3,(H,13,14). The number of piperazine rings is 1. The number of carboxylic acid groups (broad SMARTS) is 1. The number of carbonyl (C=O) groups excluding carboxylic acids is 1. The highest BCUT2D eigenvalue weighted by Crippen LogP contribution is 2.09. The molecule has 1 aliphatic heterocycles. The van der Waals surface area contributed by atoms with Crippen LogP contribution < -0.4 is 0 Å². The van der Waals surface area contributed by atoms with Crippen LogP contribution in [0.3, 0.4) is 0 Å². The molecule has 0 aromatic carbocycles. The van der Waals surface area contributed by atoms with Gasteiger partial charge in [-0.15, -0.1) is 0 Å². The molecule has 1 fully saturated rings. The number of carbonyl (C=O) groups is 2. The van der Waals surface area contributed by atoms with Crippen molar-refractivity contribution in [3.8, 4) is 0 Å². The van der Waals surface area contributed by atoms with E-state index in [0.717, 1.165) is 0 Å². The summed E-state index contributed by atoms with van der Waals surface area (Å²) in [6.07, 6.45) is -0.930. The van der Waals surface area contributed by atoms with E-state index in [-0.39, 0.29) is 18.6 Å². The van der Waals surface area contributed by atoms with Gasteiger partial charge in [0.25, 0.3) is 0 Å². The van der Waals surface area contributed by atoms with Crippen LogP contribution in [0.1, 0.15) is 6.92 Å². The first-order chi connectivity index (χ1) is 7.06. The maximum Gasteiger partial charge on any atom is 0.407 e. The van der Waals surface area contributed by atoms with Crippen LogP contribution in [0.25, 0.3) is 0 Å². The fraction of sp³-hybridized carbons (Fsp3) is 0.778. The lowest BCUT2D eigenvalue weighted by Crippen LogP contribution is -2.55. The number of amides is 2. The molecule has 0 saturated carbocycles. The molecule has 1 heterocycles. The Bertz CT molecular complexity index is 256. The summed E-state index contributed by atoms with van der Waals surface area (Å²) in [5.41, 5.74) is 0. The highest BCUT2D eigenvalue weighted by atomic mass is 16.5. The summed E-state index contributed by atoms with van der Waals surface area (Å²) in [6, 6.07) is -0.0856. The van der Waals surface area contributed by atoms with Crippen molar-refractivity contribution in [3.05, 3.63) is 0 Å². The van der Waals surface area contributed by atoms with Crippen molar-refractivity contribution >= 4 is 12.0 Å². The van der Waals surface area contributed by atoms with Gasteiger partial charge in [-0.05, 0) is 6.92 Å². The summed E-state index contributed by atoms with van der Waals surface area (Å²) < 4.78 is 4.76. The Morgan fingerprint density at radius 2 is 2.13 bits per heavy atom. The number of rotatable bonds is 2. The fourth-order valence-corrected chi connectivity index (χ4v) is 1.71. The molecule has 6 heteroatoms. The lowest BCUT2D eigenvalue weighted by atomic mass is 10.2.